The van der Waals surface area contributed by atoms with Gasteiger partial charge >= 0.3 is 17.1 Å². The molecule has 0 fully saturated rings. The van der Waals surface area contributed by atoms with Crippen LogP contribution < -0.4 is 0 Å². The molecular formula is C12H11FeN5. The van der Waals surface area contributed by atoms with Crippen molar-refractivity contribution in [1.29, 1.82) is 0 Å². The van der Waals surface area contributed by atoms with E-state index in [2.05, 4.69) is 25.7 Å². The van der Waals surface area contributed by atoms with Gasteiger partial charge in [-0.2, -0.15) is 30.3 Å². The van der Waals surface area contributed by atoms with Gasteiger partial charge in [0.05, 0.1) is 0 Å². The first-order chi connectivity index (χ1) is 8.45. The summed E-state index contributed by atoms with van der Waals surface area (Å²) in [6, 6.07) is 17.9. The van der Waals surface area contributed by atoms with E-state index in [1.54, 1.807) is 0 Å². The zero-order valence-corrected chi connectivity index (χ0v) is 10.6. The molecule has 1 aliphatic heterocycles. The molecule has 18 heavy (non-hydrogen) atoms. The minimum absolute atomic E-state index is 0. The predicted octanol–water partition coefficient (Wildman–Crippen LogP) is 3.50. The van der Waals surface area contributed by atoms with Crippen LogP contribution in [-0.4, -0.2) is 5.96 Å². The van der Waals surface area contributed by atoms with E-state index in [-0.39, 0.29) is 17.1 Å². The van der Waals surface area contributed by atoms with Crippen molar-refractivity contribution in [1.82, 2.24) is 0 Å². The molecule has 3 rings (SSSR count). The van der Waals surface area contributed by atoms with E-state index in [1.165, 1.54) is 0 Å². The van der Waals surface area contributed by atoms with Crippen molar-refractivity contribution in [2.24, 2.45) is 25.7 Å². The molecule has 0 aliphatic carbocycles. The molecule has 2 aromatic rings. The third-order valence-electron chi connectivity index (χ3n) is 2.00. The Kier molecular flexibility index (Phi) is 6.46. The Morgan fingerprint density at radius 1 is 1.00 bits per heavy atom. The Bertz CT molecular complexity index is 465. The molecule has 0 bridgehead atoms. The average Bonchev–Trinajstić information content (AvgIpc) is 3.12. The molecule has 0 unspecified atom stereocenters. The molecule has 0 spiro atoms. The Labute approximate surface area is 116 Å². The van der Waals surface area contributed by atoms with Gasteiger partial charge in [-0.3, -0.25) is 4.99 Å². The molecule has 0 atom stereocenters. The maximum absolute atomic E-state index is 4.06. The van der Waals surface area contributed by atoms with Gasteiger partial charge in [-0.15, -0.1) is 5.56 Å². The van der Waals surface area contributed by atoms with Gasteiger partial charge in [0.15, 0.2) is 0 Å². The largest absolute Gasteiger partial charge is 2.00 e. The van der Waals surface area contributed by atoms with E-state index >= 15 is 0 Å². The van der Waals surface area contributed by atoms with Gasteiger partial charge in [-0.25, -0.2) is 24.3 Å². The number of aliphatic imine (C=N–C) groups is 1. The second kappa shape index (κ2) is 8.22. The minimum atomic E-state index is 0. The Hall–Kier alpha value is -1.91. The van der Waals surface area contributed by atoms with Crippen LogP contribution in [0.2, 0.25) is 0 Å². The van der Waals surface area contributed by atoms with E-state index in [1.807, 2.05) is 54.6 Å². The van der Waals surface area contributed by atoms with Gasteiger partial charge in [0.1, 0.15) is 0 Å². The molecule has 6 heteroatoms. The average molecular weight is 281 g/mol. The van der Waals surface area contributed by atoms with Crippen LogP contribution in [0.15, 0.2) is 80.3 Å². The Balaban J connectivity index is 0.000000230. The topological polar surface area (TPSA) is 61.8 Å². The molecule has 0 N–H and O–H groups in total. The quantitative estimate of drug-likeness (QED) is 0.597. The molecule has 0 saturated carbocycles. The second-order valence-electron chi connectivity index (χ2n) is 3.25. The summed E-state index contributed by atoms with van der Waals surface area (Å²) in [5.74, 6) is 0.344. The molecule has 2 aromatic carbocycles. The van der Waals surface area contributed by atoms with E-state index in [0.29, 0.717) is 12.5 Å². The van der Waals surface area contributed by atoms with Crippen LogP contribution in [0.1, 0.15) is 5.56 Å². The summed E-state index contributed by atoms with van der Waals surface area (Å²) in [7, 11) is 0. The van der Waals surface area contributed by atoms with E-state index in [0.717, 1.165) is 5.56 Å². The van der Waals surface area contributed by atoms with E-state index < -0.39 is 0 Å². The van der Waals surface area contributed by atoms with Gasteiger partial charge < -0.3 is 0 Å². The van der Waals surface area contributed by atoms with Crippen molar-refractivity contribution in [2.45, 2.75) is 6.54 Å². The summed E-state index contributed by atoms with van der Waals surface area (Å²) in [6.07, 6.45) is 0. The molecule has 1 heterocycles. The van der Waals surface area contributed by atoms with E-state index in [4.69, 9.17) is 0 Å². The van der Waals surface area contributed by atoms with Crippen LogP contribution in [0.5, 0.6) is 0 Å². The van der Waals surface area contributed by atoms with Crippen LogP contribution in [0.3, 0.4) is 0 Å². The minimum Gasteiger partial charge on any atom is -0.255 e. The molecule has 0 radical (unpaired) electrons. The molecule has 0 amide bonds. The Morgan fingerprint density at radius 2 is 1.61 bits per heavy atom. The predicted molar refractivity (Wildman–Crippen MR) is 64.9 cm³/mol. The molecule has 1 aliphatic rings. The second-order valence-corrected chi connectivity index (χ2v) is 3.25. The molecule has 92 valence electrons. The summed E-state index contributed by atoms with van der Waals surface area (Å²) in [5, 5.41) is 13.8. The number of hydrogen-bond acceptors (Lipinski definition) is 3. The summed E-state index contributed by atoms with van der Waals surface area (Å²) in [4.78, 5) is 4.06. The van der Waals surface area contributed by atoms with Gasteiger partial charge in [-0.1, -0.05) is 10.2 Å². The number of rotatable bonds is 2. The van der Waals surface area contributed by atoms with Crippen molar-refractivity contribution >= 4 is 5.96 Å². The summed E-state index contributed by atoms with van der Waals surface area (Å²) < 4.78 is 0. The first-order valence-corrected chi connectivity index (χ1v) is 5.18. The Morgan fingerprint density at radius 3 is 2.11 bits per heavy atom. The smallest absolute Gasteiger partial charge is 0.255 e. The number of hydrogen-bond donors (Lipinski definition) is 0. The normalized spacial score (nSPS) is 11.7. The van der Waals surface area contributed by atoms with Crippen LogP contribution in [-0.2, 0) is 23.6 Å². The van der Waals surface area contributed by atoms with Crippen molar-refractivity contribution in [3.8, 4) is 0 Å². The van der Waals surface area contributed by atoms with Crippen molar-refractivity contribution in [2.75, 3.05) is 0 Å². The third-order valence-corrected chi connectivity index (χ3v) is 2.00. The van der Waals surface area contributed by atoms with E-state index in [9.17, 15) is 0 Å². The summed E-state index contributed by atoms with van der Waals surface area (Å²) >= 11 is 0. The van der Waals surface area contributed by atoms with Gasteiger partial charge in [0.25, 0.3) is 5.96 Å². The van der Waals surface area contributed by atoms with Crippen LogP contribution in [0.4, 0.5) is 0 Å². The standard InChI is InChI=1S/C7H6N5.C5H5.Fe/c1-2-4-6(3-1)5-8-7-9-11-12-10-7;1-2-4-5-3-1;/h1-4H,5H2;1-5H;/q2*-1;+2. The molecule has 5 nitrogen and oxygen atoms in total. The van der Waals surface area contributed by atoms with Crippen LogP contribution in [0.25, 0.3) is 0 Å². The number of nitrogens with zero attached hydrogens (tertiary/aromatic N) is 5. The zero-order valence-electron chi connectivity index (χ0n) is 9.49. The number of guanidine groups is 1. The third kappa shape index (κ3) is 4.95. The fourth-order valence-electron chi connectivity index (χ4n) is 1.21. The van der Waals surface area contributed by atoms with Crippen LogP contribution in [0, 0.1) is 0 Å². The SMILES string of the molecule is [Fe+2].c1cc[c-](CN=C2N=NN=N2)c1.c1cc[cH-]c1. The first-order valence-electron chi connectivity index (χ1n) is 5.18. The molecule has 0 aromatic heterocycles. The maximum atomic E-state index is 4.06. The van der Waals surface area contributed by atoms with Crippen molar-refractivity contribution in [3.05, 3.63) is 60.2 Å². The van der Waals surface area contributed by atoms with Gasteiger partial charge in [-0.05, 0) is 10.4 Å². The molecular weight excluding hydrogens is 270 g/mol. The monoisotopic (exact) mass is 281 g/mol. The molecule has 0 saturated heterocycles. The maximum Gasteiger partial charge on any atom is 2.00 e. The van der Waals surface area contributed by atoms with Crippen molar-refractivity contribution in [3.63, 3.8) is 0 Å². The van der Waals surface area contributed by atoms with Gasteiger partial charge in [0.2, 0.25) is 0 Å². The fraction of sp³-hybridized carbons (Fsp3) is 0.0833. The fourth-order valence-corrected chi connectivity index (χ4v) is 1.21. The summed E-state index contributed by atoms with van der Waals surface area (Å²) in [6.45, 7) is 0.584. The van der Waals surface area contributed by atoms with Crippen molar-refractivity contribution < 1.29 is 17.1 Å². The zero-order chi connectivity index (χ0) is 11.8. The van der Waals surface area contributed by atoms with Crippen LogP contribution >= 0.6 is 0 Å². The van der Waals surface area contributed by atoms with Gasteiger partial charge in [0, 0.05) is 6.54 Å². The first kappa shape index (κ1) is 14.2. The summed E-state index contributed by atoms with van der Waals surface area (Å²) in [5.41, 5.74) is 1.14.